The first-order valence-electron chi connectivity index (χ1n) is 16.5. The van der Waals surface area contributed by atoms with Crippen molar-refractivity contribution in [3.63, 3.8) is 0 Å². The fraction of sp³-hybridized carbons (Fsp3) is 0.639. The average Bonchev–Trinajstić information content (AvgIpc) is 2.92. The summed E-state index contributed by atoms with van der Waals surface area (Å²) in [5.74, 6) is 0.670. The predicted octanol–water partition coefficient (Wildman–Crippen LogP) is 6.53. The number of piperazine rings is 1. The molecule has 45 heavy (non-hydrogen) atoms. The number of amides is 3. The van der Waals surface area contributed by atoms with Crippen molar-refractivity contribution in [3.05, 3.63) is 48.0 Å². The van der Waals surface area contributed by atoms with Crippen LogP contribution >= 0.6 is 0 Å². The number of nitrogens with zero attached hydrogens (tertiary/aromatic N) is 2. The summed E-state index contributed by atoms with van der Waals surface area (Å²) < 4.78 is 10.9. The maximum absolute atomic E-state index is 13.7. The molecular weight excluding hydrogens is 568 g/mol. The molecule has 1 aliphatic heterocycles. The van der Waals surface area contributed by atoms with Gasteiger partial charge in [0.1, 0.15) is 11.2 Å². The number of ether oxygens (including phenoxy) is 2. The number of fused-ring (bicyclic) bond motifs is 1. The van der Waals surface area contributed by atoms with Crippen LogP contribution in [0, 0.1) is 5.92 Å². The molecular formula is C36H56N4O5. The van der Waals surface area contributed by atoms with Crippen LogP contribution in [-0.2, 0) is 20.7 Å². The molecule has 9 nitrogen and oxygen atoms in total. The highest BCUT2D eigenvalue weighted by atomic mass is 16.6. The number of unbranched alkanes of at least 4 members (excludes halogenated alkanes) is 1. The fourth-order valence-corrected chi connectivity index (χ4v) is 5.66. The number of hydrogen-bond donors (Lipinski definition) is 2. The Bertz CT molecular complexity index is 1270. The van der Waals surface area contributed by atoms with Gasteiger partial charge in [-0.25, -0.2) is 9.59 Å². The fourth-order valence-electron chi connectivity index (χ4n) is 5.66. The van der Waals surface area contributed by atoms with Crippen LogP contribution in [0.1, 0.15) is 86.6 Å². The van der Waals surface area contributed by atoms with Crippen LogP contribution in [0.4, 0.5) is 9.59 Å². The first-order valence-corrected chi connectivity index (χ1v) is 16.5. The lowest BCUT2D eigenvalue weighted by atomic mass is 9.96. The molecule has 0 spiro atoms. The van der Waals surface area contributed by atoms with Crippen molar-refractivity contribution in [1.29, 1.82) is 0 Å². The maximum atomic E-state index is 13.7. The zero-order chi connectivity index (χ0) is 33.2. The Kier molecular flexibility index (Phi) is 13.1. The summed E-state index contributed by atoms with van der Waals surface area (Å²) in [5.41, 5.74) is -0.163. The van der Waals surface area contributed by atoms with Crippen LogP contribution in [0.3, 0.4) is 0 Å². The van der Waals surface area contributed by atoms with Crippen LogP contribution in [-0.4, -0.2) is 83.9 Å². The van der Waals surface area contributed by atoms with Gasteiger partial charge in [-0.3, -0.25) is 4.79 Å². The van der Waals surface area contributed by atoms with Crippen molar-refractivity contribution in [3.8, 4) is 0 Å². The maximum Gasteiger partial charge on any atom is 0.410 e. The Balaban J connectivity index is 1.55. The molecule has 0 aliphatic carbocycles. The van der Waals surface area contributed by atoms with Gasteiger partial charge in [0.05, 0.1) is 6.42 Å². The number of carbonyl (C=O) groups excluding carboxylic acids is 3. The van der Waals surface area contributed by atoms with Gasteiger partial charge in [0.15, 0.2) is 0 Å². The van der Waals surface area contributed by atoms with Crippen LogP contribution < -0.4 is 10.6 Å². The summed E-state index contributed by atoms with van der Waals surface area (Å²) in [5, 5.41) is 8.76. The number of nitrogens with one attached hydrogen (secondary N) is 2. The quantitative estimate of drug-likeness (QED) is 0.261. The molecule has 3 amide bonds. The SMILES string of the molecule is CC(C)C[C@@H]1CN[C@@H](CCCCN(CCNC(=O)OC(C)(C)C)C(=O)OC(C)(C)C)CN1C(=O)Cc1ccc2ccccc2c1. The monoisotopic (exact) mass is 624 g/mol. The van der Waals surface area contributed by atoms with Gasteiger partial charge in [-0.1, -0.05) is 62.7 Å². The minimum Gasteiger partial charge on any atom is -0.444 e. The normalized spacial score (nSPS) is 17.3. The van der Waals surface area contributed by atoms with Gasteiger partial charge >= 0.3 is 12.2 Å². The molecule has 250 valence electrons. The Morgan fingerprint density at radius 3 is 2.31 bits per heavy atom. The zero-order valence-corrected chi connectivity index (χ0v) is 28.8. The Labute approximate surface area is 270 Å². The highest BCUT2D eigenvalue weighted by molar-refractivity contribution is 5.85. The van der Waals surface area contributed by atoms with Crippen LogP contribution in [0.2, 0.25) is 0 Å². The van der Waals surface area contributed by atoms with E-state index in [1.807, 2.05) is 53.7 Å². The first-order chi connectivity index (χ1) is 21.1. The molecule has 2 aromatic rings. The number of carbonyl (C=O) groups is 3. The lowest BCUT2D eigenvalue weighted by molar-refractivity contribution is -0.134. The molecule has 0 saturated carbocycles. The van der Waals surface area contributed by atoms with Gasteiger partial charge < -0.3 is 29.9 Å². The second kappa shape index (κ2) is 16.3. The van der Waals surface area contributed by atoms with E-state index in [1.54, 1.807) is 4.90 Å². The standard InChI is InChI=1S/C36H56N4O5/c1-26(2)21-31-24-38-30(25-40(31)32(41)23-27-16-17-28-13-9-10-14-29(28)22-27)15-11-12-19-39(34(43)45-36(6,7)8)20-18-37-33(42)44-35(3,4)5/h9-10,13-14,16-17,22,26,30-31,38H,11-12,15,18-21,23-25H2,1-8H3,(H,37,42)/t30-,31+/m0/s1. The van der Waals surface area contributed by atoms with Crippen molar-refractivity contribution in [2.24, 2.45) is 5.92 Å². The molecule has 1 fully saturated rings. The minimum absolute atomic E-state index is 0.175. The molecule has 0 bridgehead atoms. The molecule has 1 aliphatic rings. The molecule has 2 N–H and O–H groups in total. The van der Waals surface area contributed by atoms with Crippen LogP contribution in [0.15, 0.2) is 42.5 Å². The van der Waals surface area contributed by atoms with Crippen molar-refractivity contribution in [2.75, 3.05) is 32.7 Å². The predicted molar refractivity (Wildman–Crippen MR) is 180 cm³/mol. The van der Waals surface area contributed by atoms with E-state index < -0.39 is 23.4 Å². The first kappa shape index (κ1) is 36.1. The van der Waals surface area contributed by atoms with Crippen LogP contribution in [0.5, 0.6) is 0 Å². The summed E-state index contributed by atoms with van der Waals surface area (Å²) in [6, 6.07) is 14.9. The lowest BCUT2D eigenvalue weighted by Gasteiger charge is -2.41. The van der Waals surface area contributed by atoms with Gasteiger partial charge in [0.25, 0.3) is 0 Å². The molecule has 2 atom stereocenters. The summed E-state index contributed by atoms with van der Waals surface area (Å²) in [6.07, 6.45) is 3.02. The Morgan fingerprint density at radius 1 is 0.956 bits per heavy atom. The second-order valence-electron chi connectivity index (χ2n) is 14.7. The van der Waals surface area contributed by atoms with Crippen molar-refractivity contribution in [2.45, 2.75) is 111 Å². The average molecular weight is 625 g/mol. The summed E-state index contributed by atoms with van der Waals surface area (Å²) in [6.45, 7) is 17.9. The number of rotatable bonds is 12. The highest BCUT2D eigenvalue weighted by Crippen LogP contribution is 2.21. The molecule has 9 heteroatoms. The number of hydrogen-bond acceptors (Lipinski definition) is 6. The molecule has 3 rings (SSSR count). The lowest BCUT2D eigenvalue weighted by Crippen LogP contribution is -2.58. The topological polar surface area (TPSA) is 100 Å². The minimum atomic E-state index is -0.616. The van der Waals surface area contributed by atoms with E-state index in [-0.39, 0.29) is 24.5 Å². The molecule has 1 heterocycles. The van der Waals surface area contributed by atoms with Gasteiger partial charge in [-0.05, 0) is 83.1 Å². The largest absolute Gasteiger partial charge is 0.444 e. The van der Waals surface area contributed by atoms with Gasteiger partial charge in [0, 0.05) is 44.8 Å². The van der Waals surface area contributed by atoms with Gasteiger partial charge in [0.2, 0.25) is 5.91 Å². The third-order valence-electron chi connectivity index (χ3n) is 7.67. The van der Waals surface area contributed by atoms with E-state index in [0.29, 0.717) is 32.0 Å². The molecule has 2 aromatic carbocycles. The van der Waals surface area contributed by atoms with Crippen molar-refractivity contribution in [1.82, 2.24) is 20.4 Å². The number of alkyl carbamates (subject to hydrolysis) is 1. The van der Waals surface area contributed by atoms with Crippen LogP contribution in [0.25, 0.3) is 10.8 Å². The van der Waals surface area contributed by atoms with E-state index in [4.69, 9.17) is 9.47 Å². The third-order valence-corrected chi connectivity index (χ3v) is 7.67. The van der Waals surface area contributed by atoms with Crippen molar-refractivity contribution < 1.29 is 23.9 Å². The third kappa shape index (κ3) is 12.9. The van der Waals surface area contributed by atoms with E-state index in [0.717, 1.165) is 43.2 Å². The number of benzene rings is 2. The van der Waals surface area contributed by atoms with E-state index in [1.165, 1.54) is 5.39 Å². The smallest absolute Gasteiger partial charge is 0.410 e. The second-order valence-corrected chi connectivity index (χ2v) is 14.7. The van der Waals surface area contributed by atoms with Gasteiger partial charge in [-0.15, -0.1) is 0 Å². The molecule has 1 saturated heterocycles. The summed E-state index contributed by atoms with van der Waals surface area (Å²) in [4.78, 5) is 42.4. The zero-order valence-electron chi connectivity index (χ0n) is 28.8. The summed E-state index contributed by atoms with van der Waals surface area (Å²) >= 11 is 0. The van der Waals surface area contributed by atoms with Crippen molar-refractivity contribution >= 4 is 28.9 Å². The molecule has 0 unspecified atom stereocenters. The van der Waals surface area contributed by atoms with Gasteiger partial charge in [-0.2, -0.15) is 0 Å². The molecule has 0 radical (unpaired) electrons. The molecule has 0 aromatic heterocycles. The highest BCUT2D eigenvalue weighted by Gasteiger charge is 2.31. The Morgan fingerprint density at radius 2 is 1.64 bits per heavy atom. The summed E-state index contributed by atoms with van der Waals surface area (Å²) in [7, 11) is 0. The van der Waals surface area contributed by atoms with E-state index in [2.05, 4.69) is 59.7 Å². The van der Waals surface area contributed by atoms with E-state index in [9.17, 15) is 14.4 Å². The van der Waals surface area contributed by atoms with E-state index >= 15 is 0 Å². The Hall–Kier alpha value is -3.33.